The molecule has 0 aliphatic carbocycles. The van der Waals surface area contributed by atoms with E-state index in [1.807, 2.05) is 11.4 Å². The second kappa shape index (κ2) is 3.32. The van der Waals surface area contributed by atoms with Gasteiger partial charge in [0.05, 0.1) is 18.6 Å². The minimum Gasteiger partial charge on any atom is -0.469 e. The Morgan fingerprint density at radius 2 is 2.33 bits per heavy atom. The summed E-state index contributed by atoms with van der Waals surface area (Å²) in [6, 6.07) is 1.94. The number of fused-ring (bicyclic) bond motifs is 1. The number of hydrogen-bond acceptors (Lipinski definition) is 6. The van der Waals surface area contributed by atoms with Gasteiger partial charge in [-0.3, -0.25) is 0 Å². The van der Waals surface area contributed by atoms with Crippen LogP contribution in [-0.4, -0.2) is 29.3 Å². The van der Waals surface area contributed by atoms with E-state index in [4.69, 9.17) is 15.2 Å². The highest BCUT2D eigenvalue weighted by Crippen LogP contribution is 2.28. The normalized spacial score (nSPS) is 16.5. The van der Waals surface area contributed by atoms with Crippen LogP contribution in [0.1, 0.15) is 0 Å². The predicted octanol–water partition coefficient (Wildman–Crippen LogP) is 1.05. The maximum absolute atomic E-state index is 5.65. The Labute approximate surface area is 89.8 Å². The van der Waals surface area contributed by atoms with Crippen molar-refractivity contribution in [2.45, 2.75) is 6.10 Å². The van der Waals surface area contributed by atoms with Gasteiger partial charge in [-0.05, 0) is 11.4 Å². The Morgan fingerprint density at radius 3 is 3.07 bits per heavy atom. The molecule has 1 saturated heterocycles. The Hall–Kier alpha value is -1.40. The second-order valence-electron chi connectivity index (χ2n) is 3.30. The first-order valence-corrected chi connectivity index (χ1v) is 5.46. The van der Waals surface area contributed by atoms with Gasteiger partial charge >= 0.3 is 0 Å². The van der Waals surface area contributed by atoms with Crippen molar-refractivity contribution < 1.29 is 9.47 Å². The fourth-order valence-electron chi connectivity index (χ4n) is 1.37. The molecular formula is C9H9N3O2S. The fraction of sp³-hybridized carbons (Fsp3) is 0.333. The SMILES string of the molecule is Nc1nc(OC2COC2)c2ccsc2n1. The summed E-state index contributed by atoms with van der Waals surface area (Å²) in [5.74, 6) is 0.812. The number of rotatable bonds is 2. The van der Waals surface area contributed by atoms with Crippen LogP contribution in [0.15, 0.2) is 11.4 Å². The zero-order valence-electron chi connectivity index (χ0n) is 7.84. The number of ether oxygens (including phenoxy) is 2. The second-order valence-corrected chi connectivity index (χ2v) is 4.20. The van der Waals surface area contributed by atoms with Crippen LogP contribution in [0.2, 0.25) is 0 Å². The number of aromatic nitrogens is 2. The minimum absolute atomic E-state index is 0.0994. The van der Waals surface area contributed by atoms with E-state index < -0.39 is 0 Å². The highest BCUT2D eigenvalue weighted by atomic mass is 32.1. The van der Waals surface area contributed by atoms with Gasteiger partial charge in [-0.25, -0.2) is 4.98 Å². The summed E-state index contributed by atoms with van der Waals surface area (Å²) in [6.45, 7) is 1.24. The van der Waals surface area contributed by atoms with Crippen molar-refractivity contribution in [3.8, 4) is 5.88 Å². The Bertz CT molecular complexity index is 495. The number of nitrogens with zero attached hydrogens (tertiary/aromatic N) is 2. The van der Waals surface area contributed by atoms with E-state index in [1.165, 1.54) is 11.3 Å². The van der Waals surface area contributed by atoms with Crippen LogP contribution in [-0.2, 0) is 4.74 Å². The van der Waals surface area contributed by atoms with Crippen LogP contribution in [0.4, 0.5) is 5.95 Å². The van der Waals surface area contributed by atoms with Gasteiger partial charge in [-0.15, -0.1) is 11.3 Å². The lowest BCUT2D eigenvalue weighted by Gasteiger charge is -2.26. The molecule has 0 radical (unpaired) electrons. The molecule has 0 amide bonds. The molecular weight excluding hydrogens is 214 g/mol. The number of nitrogens with two attached hydrogens (primary N) is 1. The number of hydrogen-bond donors (Lipinski definition) is 1. The van der Waals surface area contributed by atoms with Crippen LogP contribution in [0.3, 0.4) is 0 Å². The number of anilines is 1. The lowest BCUT2D eigenvalue weighted by molar-refractivity contribution is -0.0806. The summed E-state index contributed by atoms with van der Waals surface area (Å²) in [6.07, 6.45) is 0.0994. The molecule has 2 N–H and O–H groups in total. The molecule has 2 aromatic rings. The summed E-state index contributed by atoms with van der Waals surface area (Å²) in [5.41, 5.74) is 5.59. The molecule has 0 saturated carbocycles. The molecule has 0 aromatic carbocycles. The topological polar surface area (TPSA) is 70.3 Å². The van der Waals surface area contributed by atoms with Gasteiger partial charge in [-0.2, -0.15) is 4.98 Å². The van der Waals surface area contributed by atoms with Crippen molar-refractivity contribution in [3.63, 3.8) is 0 Å². The first-order chi connectivity index (χ1) is 7.33. The summed E-state index contributed by atoms with van der Waals surface area (Å²) >= 11 is 1.53. The molecule has 78 valence electrons. The molecule has 15 heavy (non-hydrogen) atoms. The van der Waals surface area contributed by atoms with Crippen molar-refractivity contribution >= 4 is 27.5 Å². The summed E-state index contributed by atoms with van der Waals surface area (Å²) in [7, 11) is 0. The van der Waals surface area contributed by atoms with E-state index in [-0.39, 0.29) is 12.1 Å². The average Bonchev–Trinajstić information content (AvgIpc) is 2.58. The molecule has 0 atom stereocenters. The number of thiophene rings is 1. The molecule has 1 fully saturated rings. The molecule has 2 aromatic heterocycles. The molecule has 1 aliphatic rings. The fourth-order valence-corrected chi connectivity index (χ4v) is 2.14. The maximum atomic E-state index is 5.65. The summed E-state index contributed by atoms with van der Waals surface area (Å²) < 4.78 is 10.7. The van der Waals surface area contributed by atoms with Crippen molar-refractivity contribution in [3.05, 3.63) is 11.4 Å². The van der Waals surface area contributed by atoms with Crippen LogP contribution < -0.4 is 10.5 Å². The van der Waals surface area contributed by atoms with Crippen LogP contribution in [0, 0.1) is 0 Å². The molecule has 5 nitrogen and oxygen atoms in total. The summed E-state index contributed by atoms with van der Waals surface area (Å²) in [5, 5.41) is 2.87. The van der Waals surface area contributed by atoms with Gasteiger partial charge < -0.3 is 15.2 Å². The third kappa shape index (κ3) is 1.51. The minimum atomic E-state index is 0.0994. The van der Waals surface area contributed by atoms with Gasteiger partial charge in [0.1, 0.15) is 10.9 Å². The molecule has 0 spiro atoms. The molecule has 3 rings (SSSR count). The zero-order valence-corrected chi connectivity index (χ0v) is 8.66. The van der Waals surface area contributed by atoms with E-state index >= 15 is 0 Å². The average molecular weight is 223 g/mol. The quantitative estimate of drug-likeness (QED) is 0.824. The van der Waals surface area contributed by atoms with E-state index in [0.717, 1.165) is 10.2 Å². The van der Waals surface area contributed by atoms with Crippen molar-refractivity contribution in [1.29, 1.82) is 0 Å². The highest BCUT2D eigenvalue weighted by molar-refractivity contribution is 7.16. The van der Waals surface area contributed by atoms with Crippen LogP contribution in [0.5, 0.6) is 5.88 Å². The highest BCUT2D eigenvalue weighted by Gasteiger charge is 2.22. The van der Waals surface area contributed by atoms with Crippen molar-refractivity contribution in [1.82, 2.24) is 9.97 Å². The molecule has 0 unspecified atom stereocenters. The van der Waals surface area contributed by atoms with E-state index in [2.05, 4.69) is 9.97 Å². The first kappa shape index (κ1) is 8.87. The van der Waals surface area contributed by atoms with E-state index in [1.54, 1.807) is 0 Å². The third-order valence-corrected chi connectivity index (χ3v) is 3.00. The first-order valence-electron chi connectivity index (χ1n) is 4.58. The largest absolute Gasteiger partial charge is 0.469 e. The Morgan fingerprint density at radius 1 is 1.47 bits per heavy atom. The molecule has 1 aliphatic heterocycles. The van der Waals surface area contributed by atoms with Crippen molar-refractivity contribution in [2.75, 3.05) is 18.9 Å². The van der Waals surface area contributed by atoms with E-state index in [0.29, 0.717) is 19.1 Å². The van der Waals surface area contributed by atoms with Gasteiger partial charge in [0, 0.05) is 0 Å². The zero-order chi connectivity index (χ0) is 10.3. The third-order valence-electron chi connectivity index (χ3n) is 2.19. The number of nitrogen functional groups attached to an aromatic ring is 1. The molecule has 6 heteroatoms. The standard InChI is InChI=1S/C9H9N3O2S/c10-9-11-7(14-5-3-13-4-5)6-1-2-15-8(6)12-9/h1-2,5H,3-4H2,(H2,10,11,12). The monoisotopic (exact) mass is 223 g/mol. The van der Waals surface area contributed by atoms with E-state index in [9.17, 15) is 0 Å². The molecule has 0 bridgehead atoms. The Kier molecular flexibility index (Phi) is 1.96. The lowest BCUT2D eigenvalue weighted by atomic mass is 10.3. The van der Waals surface area contributed by atoms with Gasteiger partial charge in [0.25, 0.3) is 0 Å². The lowest BCUT2D eigenvalue weighted by Crippen LogP contribution is -2.38. The predicted molar refractivity (Wildman–Crippen MR) is 57.1 cm³/mol. The van der Waals surface area contributed by atoms with Crippen LogP contribution >= 0.6 is 11.3 Å². The Balaban J connectivity index is 2.02. The molecule has 3 heterocycles. The smallest absolute Gasteiger partial charge is 0.227 e. The van der Waals surface area contributed by atoms with Crippen molar-refractivity contribution in [2.24, 2.45) is 0 Å². The van der Waals surface area contributed by atoms with Crippen LogP contribution in [0.25, 0.3) is 10.2 Å². The van der Waals surface area contributed by atoms with Gasteiger partial charge in [-0.1, -0.05) is 0 Å². The van der Waals surface area contributed by atoms with Gasteiger partial charge in [0.15, 0.2) is 0 Å². The summed E-state index contributed by atoms with van der Waals surface area (Å²) in [4.78, 5) is 9.07. The maximum Gasteiger partial charge on any atom is 0.227 e. The van der Waals surface area contributed by atoms with Gasteiger partial charge in [0.2, 0.25) is 11.8 Å².